The summed E-state index contributed by atoms with van der Waals surface area (Å²) in [5, 5.41) is 15.6. The van der Waals surface area contributed by atoms with Crippen LogP contribution in [-0.4, -0.2) is 34.2 Å². The Labute approximate surface area is 124 Å². The fraction of sp³-hybridized carbons (Fsp3) is 0.455. The molecule has 0 aliphatic heterocycles. The van der Waals surface area contributed by atoms with Gasteiger partial charge in [0.1, 0.15) is 9.88 Å². The molecule has 0 aromatic carbocycles. The van der Waals surface area contributed by atoms with Crippen LogP contribution in [0.2, 0.25) is 0 Å². The zero-order chi connectivity index (χ0) is 14.5. The molecule has 0 fully saturated rings. The van der Waals surface area contributed by atoms with Crippen molar-refractivity contribution in [3.63, 3.8) is 0 Å². The summed E-state index contributed by atoms with van der Waals surface area (Å²) >= 11 is 2.70. The summed E-state index contributed by atoms with van der Waals surface area (Å²) in [6.07, 6.45) is 0.624. The van der Waals surface area contributed by atoms with Gasteiger partial charge in [-0.25, -0.2) is 4.98 Å². The standard InChI is InChI=1S/C11H16N6OS2/c1-3-13-11-15-6(2)8(20-11)9(18)14-5-4-7-16-17-10(12)19-7/h3-5H2,1-2H3,(H2,12,17)(H,13,15)(H,14,18). The van der Waals surface area contributed by atoms with Crippen LogP contribution >= 0.6 is 22.7 Å². The third-order valence-electron chi connectivity index (χ3n) is 2.44. The van der Waals surface area contributed by atoms with E-state index in [4.69, 9.17) is 5.73 Å². The van der Waals surface area contributed by atoms with Crippen LogP contribution in [0.3, 0.4) is 0 Å². The lowest BCUT2D eigenvalue weighted by atomic mass is 10.3. The fourth-order valence-corrected chi connectivity index (χ4v) is 3.12. The van der Waals surface area contributed by atoms with Gasteiger partial charge in [0.2, 0.25) is 5.13 Å². The molecule has 2 heterocycles. The summed E-state index contributed by atoms with van der Waals surface area (Å²) in [5.41, 5.74) is 6.24. The van der Waals surface area contributed by atoms with Gasteiger partial charge >= 0.3 is 0 Å². The van der Waals surface area contributed by atoms with Gasteiger partial charge in [0.15, 0.2) is 5.13 Å². The number of carbonyl (C=O) groups excluding carboxylic acids is 1. The molecule has 0 bridgehead atoms. The Morgan fingerprint density at radius 1 is 1.35 bits per heavy atom. The van der Waals surface area contributed by atoms with E-state index in [9.17, 15) is 4.79 Å². The number of amides is 1. The van der Waals surface area contributed by atoms with Crippen molar-refractivity contribution in [3.05, 3.63) is 15.6 Å². The van der Waals surface area contributed by atoms with E-state index in [0.717, 1.165) is 22.4 Å². The van der Waals surface area contributed by atoms with E-state index < -0.39 is 0 Å². The van der Waals surface area contributed by atoms with Gasteiger partial charge in [-0.2, -0.15) is 0 Å². The second kappa shape index (κ2) is 6.62. The monoisotopic (exact) mass is 312 g/mol. The van der Waals surface area contributed by atoms with Crippen LogP contribution in [0.1, 0.15) is 27.3 Å². The Bertz CT molecular complexity index is 594. The first kappa shape index (κ1) is 14.7. The topological polar surface area (TPSA) is 106 Å². The molecule has 1 amide bonds. The van der Waals surface area contributed by atoms with E-state index in [1.165, 1.54) is 22.7 Å². The van der Waals surface area contributed by atoms with Crippen LogP contribution in [0.25, 0.3) is 0 Å². The second-order valence-electron chi connectivity index (χ2n) is 4.00. The lowest BCUT2D eigenvalue weighted by Crippen LogP contribution is -2.25. The number of nitrogen functional groups attached to an aromatic ring is 1. The quantitative estimate of drug-likeness (QED) is 0.742. The molecule has 0 saturated carbocycles. The molecule has 0 saturated heterocycles. The Morgan fingerprint density at radius 3 is 2.80 bits per heavy atom. The number of aromatic nitrogens is 3. The van der Waals surface area contributed by atoms with Crippen LogP contribution in [0.5, 0.6) is 0 Å². The van der Waals surface area contributed by atoms with Crippen molar-refractivity contribution in [2.24, 2.45) is 0 Å². The molecule has 0 aliphatic carbocycles. The molecule has 4 N–H and O–H groups in total. The molecule has 108 valence electrons. The van der Waals surface area contributed by atoms with Crippen molar-refractivity contribution in [2.45, 2.75) is 20.3 Å². The minimum Gasteiger partial charge on any atom is -0.374 e. The summed E-state index contributed by atoms with van der Waals surface area (Å²) in [4.78, 5) is 17.0. The lowest BCUT2D eigenvalue weighted by molar-refractivity contribution is 0.0957. The minimum absolute atomic E-state index is 0.110. The summed E-state index contributed by atoms with van der Waals surface area (Å²) in [6, 6.07) is 0. The largest absolute Gasteiger partial charge is 0.374 e. The molecular weight excluding hydrogens is 296 g/mol. The number of anilines is 2. The van der Waals surface area contributed by atoms with Crippen molar-refractivity contribution in [2.75, 3.05) is 24.1 Å². The van der Waals surface area contributed by atoms with Gasteiger partial charge in [0.25, 0.3) is 5.91 Å². The van der Waals surface area contributed by atoms with Gasteiger partial charge in [0, 0.05) is 19.5 Å². The third kappa shape index (κ3) is 3.64. The lowest BCUT2D eigenvalue weighted by Gasteiger charge is -2.01. The molecule has 0 spiro atoms. The normalized spacial score (nSPS) is 10.5. The number of aryl methyl sites for hydroxylation is 1. The van der Waals surface area contributed by atoms with Crippen LogP contribution in [0.4, 0.5) is 10.3 Å². The number of hydrogen-bond donors (Lipinski definition) is 3. The average Bonchev–Trinajstić information content (AvgIpc) is 2.96. The minimum atomic E-state index is -0.110. The van der Waals surface area contributed by atoms with Crippen LogP contribution < -0.4 is 16.4 Å². The fourth-order valence-electron chi connectivity index (χ4n) is 1.56. The predicted molar refractivity (Wildman–Crippen MR) is 81.4 cm³/mol. The number of hydrogen-bond acceptors (Lipinski definition) is 8. The van der Waals surface area contributed by atoms with Crippen LogP contribution in [0, 0.1) is 6.92 Å². The van der Waals surface area contributed by atoms with E-state index in [-0.39, 0.29) is 5.91 Å². The van der Waals surface area contributed by atoms with Gasteiger partial charge in [-0.3, -0.25) is 4.79 Å². The summed E-state index contributed by atoms with van der Waals surface area (Å²) in [7, 11) is 0. The average molecular weight is 312 g/mol. The molecule has 0 atom stereocenters. The Morgan fingerprint density at radius 2 is 2.15 bits per heavy atom. The summed E-state index contributed by atoms with van der Waals surface area (Å²) in [6.45, 7) is 5.11. The molecule has 0 unspecified atom stereocenters. The first-order valence-corrected chi connectivity index (χ1v) is 7.80. The first-order chi connectivity index (χ1) is 9.60. The molecule has 20 heavy (non-hydrogen) atoms. The molecule has 9 heteroatoms. The Balaban J connectivity index is 1.88. The summed E-state index contributed by atoms with van der Waals surface area (Å²) in [5.74, 6) is -0.110. The van der Waals surface area contributed by atoms with E-state index >= 15 is 0 Å². The smallest absolute Gasteiger partial charge is 0.263 e. The molecule has 0 radical (unpaired) electrons. The number of thiazole rings is 1. The highest BCUT2D eigenvalue weighted by Gasteiger charge is 2.14. The van der Waals surface area contributed by atoms with E-state index in [1.54, 1.807) is 0 Å². The Hall–Kier alpha value is -1.74. The first-order valence-electron chi connectivity index (χ1n) is 6.17. The van der Waals surface area contributed by atoms with E-state index in [2.05, 4.69) is 25.8 Å². The molecule has 2 rings (SSSR count). The maximum Gasteiger partial charge on any atom is 0.263 e. The highest BCUT2D eigenvalue weighted by molar-refractivity contribution is 7.17. The van der Waals surface area contributed by atoms with Crippen LogP contribution in [-0.2, 0) is 6.42 Å². The van der Waals surface area contributed by atoms with Crippen molar-refractivity contribution in [1.29, 1.82) is 0 Å². The molecule has 2 aromatic heterocycles. The highest BCUT2D eigenvalue weighted by Crippen LogP contribution is 2.22. The predicted octanol–water partition coefficient (Wildman–Crippen LogP) is 1.29. The number of nitrogens with one attached hydrogen (secondary N) is 2. The number of carbonyl (C=O) groups is 1. The second-order valence-corrected chi connectivity index (χ2v) is 6.10. The van der Waals surface area contributed by atoms with E-state index in [0.29, 0.717) is 23.0 Å². The number of rotatable bonds is 6. The molecule has 0 aliphatic rings. The zero-order valence-corrected chi connectivity index (χ0v) is 12.9. The van der Waals surface area contributed by atoms with Gasteiger partial charge in [0.05, 0.1) is 5.69 Å². The highest BCUT2D eigenvalue weighted by atomic mass is 32.1. The van der Waals surface area contributed by atoms with Crippen molar-refractivity contribution >= 4 is 38.8 Å². The number of nitrogens with two attached hydrogens (primary N) is 1. The van der Waals surface area contributed by atoms with Gasteiger partial charge in [-0.15, -0.1) is 10.2 Å². The van der Waals surface area contributed by atoms with Crippen molar-refractivity contribution in [3.8, 4) is 0 Å². The molecule has 7 nitrogen and oxygen atoms in total. The van der Waals surface area contributed by atoms with Crippen LogP contribution in [0.15, 0.2) is 0 Å². The van der Waals surface area contributed by atoms with Gasteiger partial charge in [-0.1, -0.05) is 22.7 Å². The van der Waals surface area contributed by atoms with Gasteiger partial charge in [-0.05, 0) is 13.8 Å². The number of nitrogens with zero attached hydrogens (tertiary/aromatic N) is 3. The SMILES string of the molecule is CCNc1nc(C)c(C(=O)NCCc2nnc(N)s2)s1. The Kier molecular flexibility index (Phi) is 4.85. The zero-order valence-electron chi connectivity index (χ0n) is 11.3. The van der Waals surface area contributed by atoms with Gasteiger partial charge < -0.3 is 16.4 Å². The maximum atomic E-state index is 12.1. The third-order valence-corrected chi connectivity index (χ3v) is 4.36. The van der Waals surface area contributed by atoms with Crippen molar-refractivity contribution < 1.29 is 4.79 Å². The molecular formula is C11H16N6OS2. The molecule has 2 aromatic rings. The summed E-state index contributed by atoms with van der Waals surface area (Å²) < 4.78 is 0. The van der Waals surface area contributed by atoms with Crippen molar-refractivity contribution in [1.82, 2.24) is 20.5 Å². The maximum absolute atomic E-state index is 12.1. The van der Waals surface area contributed by atoms with E-state index in [1.807, 2.05) is 13.8 Å².